The number of hydrogen-bond acceptors (Lipinski definition) is 3. The SMILES string of the molecule is CC(C)(CCCOCCO)C(=O)O. The molecule has 0 saturated heterocycles. The van der Waals surface area contributed by atoms with Crippen molar-refractivity contribution in [3.05, 3.63) is 0 Å². The average molecular weight is 190 g/mol. The van der Waals surface area contributed by atoms with Crippen LogP contribution >= 0.6 is 0 Å². The lowest BCUT2D eigenvalue weighted by molar-refractivity contribution is -0.147. The van der Waals surface area contributed by atoms with Crippen molar-refractivity contribution in [1.29, 1.82) is 0 Å². The Bertz CT molecular complexity index is 154. The Morgan fingerprint density at radius 2 is 2.00 bits per heavy atom. The molecule has 0 aromatic carbocycles. The summed E-state index contributed by atoms with van der Waals surface area (Å²) >= 11 is 0. The molecule has 0 amide bonds. The largest absolute Gasteiger partial charge is 0.481 e. The molecule has 0 aromatic rings. The highest BCUT2D eigenvalue weighted by Gasteiger charge is 2.25. The number of ether oxygens (including phenoxy) is 1. The highest BCUT2D eigenvalue weighted by atomic mass is 16.5. The summed E-state index contributed by atoms with van der Waals surface area (Å²) in [7, 11) is 0. The summed E-state index contributed by atoms with van der Waals surface area (Å²) in [6.07, 6.45) is 1.30. The molecule has 0 atom stereocenters. The highest BCUT2D eigenvalue weighted by Crippen LogP contribution is 2.21. The second-order valence-corrected chi connectivity index (χ2v) is 3.63. The van der Waals surface area contributed by atoms with Crippen molar-refractivity contribution in [1.82, 2.24) is 0 Å². The van der Waals surface area contributed by atoms with Crippen LogP contribution in [0.25, 0.3) is 0 Å². The molecule has 0 aromatic heterocycles. The number of rotatable bonds is 7. The maximum absolute atomic E-state index is 10.7. The lowest BCUT2D eigenvalue weighted by Crippen LogP contribution is -2.23. The Labute approximate surface area is 78.5 Å². The Hall–Kier alpha value is -0.610. The molecule has 13 heavy (non-hydrogen) atoms. The van der Waals surface area contributed by atoms with Gasteiger partial charge in [-0.15, -0.1) is 0 Å². The molecule has 0 fully saturated rings. The topological polar surface area (TPSA) is 66.8 Å². The highest BCUT2D eigenvalue weighted by molar-refractivity contribution is 5.73. The summed E-state index contributed by atoms with van der Waals surface area (Å²) in [4.78, 5) is 10.7. The number of hydrogen-bond donors (Lipinski definition) is 2. The Morgan fingerprint density at radius 1 is 1.38 bits per heavy atom. The summed E-state index contributed by atoms with van der Waals surface area (Å²) in [5, 5.41) is 17.2. The second-order valence-electron chi connectivity index (χ2n) is 3.63. The van der Waals surface area contributed by atoms with Gasteiger partial charge in [-0.25, -0.2) is 0 Å². The van der Waals surface area contributed by atoms with Gasteiger partial charge in [-0.1, -0.05) is 0 Å². The van der Waals surface area contributed by atoms with Gasteiger partial charge in [0.2, 0.25) is 0 Å². The van der Waals surface area contributed by atoms with Gasteiger partial charge in [0.05, 0.1) is 18.6 Å². The minimum Gasteiger partial charge on any atom is -0.481 e. The third kappa shape index (κ3) is 5.60. The summed E-state index contributed by atoms with van der Waals surface area (Å²) in [6, 6.07) is 0. The molecule has 0 aliphatic heterocycles. The molecule has 0 radical (unpaired) electrons. The van der Waals surface area contributed by atoms with Crippen LogP contribution in [0.2, 0.25) is 0 Å². The molecule has 0 rings (SSSR count). The Balaban J connectivity index is 3.46. The van der Waals surface area contributed by atoms with Gasteiger partial charge in [-0.3, -0.25) is 4.79 Å². The summed E-state index contributed by atoms with van der Waals surface area (Å²) in [5.74, 6) is -0.783. The Kier molecular flexibility index (Phi) is 5.66. The second kappa shape index (κ2) is 5.94. The quantitative estimate of drug-likeness (QED) is 0.585. The van der Waals surface area contributed by atoms with Gasteiger partial charge in [0.1, 0.15) is 0 Å². The first-order chi connectivity index (χ1) is 6.00. The van der Waals surface area contributed by atoms with Crippen molar-refractivity contribution in [3.63, 3.8) is 0 Å². The number of carbonyl (C=O) groups is 1. The van der Waals surface area contributed by atoms with Gasteiger partial charge in [-0.2, -0.15) is 0 Å². The van der Waals surface area contributed by atoms with E-state index in [4.69, 9.17) is 14.9 Å². The molecule has 0 spiro atoms. The number of aliphatic hydroxyl groups is 1. The van der Waals surface area contributed by atoms with Gasteiger partial charge in [0.15, 0.2) is 0 Å². The number of aliphatic hydroxyl groups excluding tert-OH is 1. The van der Waals surface area contributed by atoms with E-state index in [9.17, 15) is 4.79 Å². The van der Waals surface area contributed by atoms with Crippen LogP contribution in [-0.2, 0) is 9.53 Å². The molecule has 0 bridgehead atoms. The van der Waals surface area contributed by atoms with Crippen LogP contribution in [0.5, 0.6) is 0 Å². The van der Waals surface area contributed by atoms with Gasteiger partial charge in [0, 0.05) is 6.61 Å². The lowest BCUT2D eigenvalue weighted by atomic mass is 9.88. The van der Waals surface area contributed by atoms with Crippen LogP contribution in [0, 0.1) is 5.41 Å². The zero-order chi connectivity index (χ0) is 10.3. The van der Waals surface area contributed by atoms with Crippen molar-refractivity contribution < 1.29 is 19.7 Å². The molecule has 4 nitrogen and oxygen atoms in total. The van der Waals surface area contributed by atoms with Gasteiger partial charge >= 0.3 is 5.97 Å². The molecular weight excluding hydrogens is 172 g/mol. The standard InChI is InChI=1S/C9H18O4/c1-9(2,8(11)12)4-3-6-13-7-5-10/h10H,3-7H2,1-2H3,(H,11,12). The molecular formula is C9H18O4. The van der Waals surface area contributed by atoms with Crippen LogP contribution in [-0.4, -0.2) is 36.0 Å². The van der Waals surface area contributed by atoms with E-state index in [1.807, 2.05) is 0 Å². The minimum atomic E-state index is -0.783. The molecule has 78 valence electrons. The maximum Gasteiger partial charge on any atom is 0.309 e. The van der Waals surface area contributed by atoms with E-state index in [1.54, 1.807) is 13.8 Å². The fourth-order valence-electron chi connectivity index (χ4n) is 0.890. The van der Waals surface area contributed by atoms with E-state index in [2.05, 4.69) is 0 Å². The van der Waals surface area contributed by atoms with Gasteiger partial charge in [0.25, 0.3) is 0 Å². The van der Waals surface area contributed by atoms with E-state index in [1.165, 1.54) is 0 Å². The summed E-state index contributed by atoms with van der Waals surface area (Å²) < 4.78 is 5.02. The number of aliphatic carboxylic acids is 1. The average Bonchev–Trinajstić information content (AvgIpc) is 2.03. The first-order valence-corrected chi connectivity index (χ1v) is 4.42. The smallest absolute Gasteiger partial charge is 0.309 e. The van der Waals surface area contributed by atoms with Crippen LogP contribution in [0.15, 0.2) is 0 Å². The third-order valence-corrected chi connectivity index (χ3v) is 1.91. The van der Waals surface area contributed by atoms with Crippen LogP contribution in [0.4, 0.5) is 0 Å². The van der Waals surface area contributed by atoms with Gasteiger partial charge < -0.3 is 14.9 Å². The summed E-state index contributed by atoms with van der Waals surface area (Å²) in [5.41, 5.74) is -0.678. The maximum atomic E-state index is 10.7. The zero-order valence-corrected chi connectivity index (χ0v) is 8.25. The Morgan fingerprint density at radius 3 is 2.46 bits per heavy atom. The lowest BCUT2D eigenvalue weighted by Gasteiger charge is -2.18. The van der Waals surface area contributed by atoms with Crippen molar-refractivity contribution in [2.24, 2.45) is 5.41 Å². The van der Waals surface area contributed by atoms with E-state index in [0.29, 0.717) is 26.1 Å². The first-order valence-electron chi connectivity index (χ1n) is 4.42. The molecule has 0 unspecified atom stereocenters. The zero-order valence-electron chi connectivity index (χ0n) is 8.25. The van der Waals surface area contributed by atoms with Crippen LogP contribution < -0.4 is 0 Å². The molecule has 0 saturated carbocycles. The molecule has 4 heteroatoms. The number of carboxylic acids is 1. The monoisotopic (exact) mass is 190 g/mol. The van der Waals surface area contributed by atoms with Crippen LogP contribution in [0.3, 0.4) is 0 Å². The van der Waals surface area contributed by atoms with Crippen molar-refractivity contribution in [2.75, 3.05) is 19.8 Å². The summed E-state index contributed by atoms with van der Waals surface area (Å²) in [6.45, 7) is 4.25. The predicted molar refractivity (Wildman–Crippen MR) is 48.6 cm³/mol. The normalized spacial score (nSPS) is 11.6. The van der Waals surface area contributed by atoms with E-state index < -0.39 is 11.4 Å². The predicted octanol–water partition coefficient (Wildman–Crippen LogP) is 0.886. The number of carboxylic acid groups (broad SMARTS) is 1. The fraction of sp³-hybridized carbons (Fsp3) is 0.889. The van der Waals surface area contributed by atoms with Crippen molar-refractivity contribution in [2.45, 2.75) is 26.7 Å². The van der Waals surface area contributed by atoms with E-state index in [-0.39, 0.29) is 6.61 Å². The molecule has 0 heterocycles. The van der Waals surface area contributed by atoms with E-state index >= 15 is 0 Å². The molecule has 2 N–H and O–H groups in total. The van der Waals surface area contributed by atoms with Crippen molar-refractivity contribution >= 4 is 5.97 Å². The minimum absolute atomic E-state index is 0.0162. The fourth-order valence-corrected chi connectivity index (χ4v) is 0.890. The van der Waals surface area contributed by atoms with Gasteiger partial charge in [-0.05, 0) is 26.7 Å². The molecule has 0 aliphatic rings. The van der Waals surface area contributed by atoms with Crippen LogP contribution in [0.1, 0.15) is 26.7 Å². The van der Waals surface area contributed by atoms with Crippen molar-refractivity contribution in [3.8, 4) is 0 Å². The molecule has 0 aliphatic carbocycles. The third-order valence-electron chi connectivity index (χ3n) is 1.91. The first kappa shape index (κ1) is 12.4. The van der Waals surface area contributed by atoms with E-state index in [0.717, 1.165) is 0 Å².